The van der Waals surface area contributed by atoms with Crippen LogP contribution in [0.25, 0.3) is 21.8 Å². The van der Waals surface area contributed by atoms with Crippen molar-refractivity contribution in [3.05, 3.63) is 65.0 Å². The molecule has 0 aliphatic heterocycles. The first-order chi connectivity index (χ1) is 17.5. The van der Waals surface area contributed by atoms with Crippen LogP contribution < -0.4 is 14.8 Å². The maximum atomic E-state index is 14.5. The Morgan fingerprint density at radius 1 is 1.03 bits per heavy atom. The van der Waals surface area contributed by atoms with E-state index in [1.807, 2.05) is 25.1 Å². The van der Waals surface area contributed by atoms with Gasteiger partial charge in [0.05, 0.1) is 35.0 Å². The van der Waals surface area contributed by atoms with Crippen LogP contribution in [0.4, 0.5) is 16.0 Å². The molecule has 0 amide bonds. The standard InChI is InChI=1S/C27H29FN4O3S/c1-5-6-24-32-25(18-13-17(2)14-20(15-18)34-4)26(36-24)22-9-10-29-27(31-22)30-19-7-8-23(21(28)16-19)35-12-11-33-3/h7-10,13-16H,5-6,11-12H2,1-4H3,(H,29,30,31). The maximum absolute atomic E-state index is 14.5. The van der Waals surface area contributed by atoms with Crippen molar-refractivity contribution >= 4 is 23.0 Å². The van der Waals surface area contributed by atoms with Crippen molar-refractivity contribution in [2.75, 3.05) is 32.8 Å². The molecule has 0 aliphatic rings. The molecule has 2 aromatic heterocycles. The van der Waals surface area contributed by atoms with Crippen molar-refractivity contribution in [2.24, 2.45) is 0 Å². The third-order valence-electron chi connectivity index (χ3n) is 5.32. The number of hydrogen-bond acceptors (Lipinski definition) is 8. The Kier molecular flexibility index (Phi) is 8.45. The molecule has 2 heterocycles. The smallest absolute Gasteiger partial charge is 0.227 e. The lowest BCUT2D eigenvalue weighted by Crippen LogP contribution is -2.05. The molecule has 0 spiro atoms. The average molecular weight is 509 g/mol. The summed E-state index contributed by atoms with van der Waals surface area (Å²) < 4.78 is 30.3. The van der Waals surface area contributed by atoms with E-state index in [1.54, 1.807) is 43.9 Å². The molecule has 0 radical (unpaired) electrons. The van der Waals surface area contributed by atoms with E-state index in [0.29, 0.717) is 18.2 Å². The summed E-state index contributed by atoms with van der Waals surface area (Å²) in [6.45, 7) is 4.82. The lowest BCUT2D eigenvalue weighted by molar-refractivity contribution is 0.144. The zero-order valence-electron chi connectivity index (χ0n) is 20.8. The molecule has 0 atom stereocenters. The SMILES string of the molecule is CCCc1nc(-c2cc(C)cc(OC)c2)c(-c2ccnc(Nc3ccc(OCCOC)c(F)c3)n2)s1. The number of nitrogens with zero attached hydrogens (tertiary/aromatic N) is 3. The van der Waals surface area contributed by atoms with Crippen LogP contribution >= 0.6 is 11.3 Å². The first kappa shape index (κ1) is 25.5. The molecule has 0 aliphatic carbocycles. The van der Waals surface area contributed by atoms with Gasteiger partial charge < -0.3 is 19.5 Å². The second-order valence-electron chi connectivity index (χ2n) is 8.15. The minimum Gasteiger partial charge on any atom is -0.497 e. The van der Waals surface area contributed by atoms with Crippen LogP contribution in [0.5, 0.6) is 11.5 Å². The Balaban J connectivity index is 1.64. The quantitative estimate of drug-likeness (QED) is 0.233. The van der Waals surface area contributed by atoms with Gasteiger partial charge in [0.25, 0.3) is 0 Å². The van der Waals surface area contributed by atoms with Gasteiger partial charge >= 0.3 is 0 Å². The molecule has 9 heteroatoms. The number of hydrogen-bond donors (Lipinski definition) is 1. The Labute approximate surface area is 214 Å². The van der Waals surface area contributed by atoms with Gasteiger partial charge in [0.1, 0.15) is 12.4 Å². The van der Waals surface area contributed by atoms with Crippen LogP contribution in [0, 0.1) is 12.7 Å². The van der Waals surface area contributed by atoms with Gasteiger partial charge in [0, 0.05) is 30.6 Å². The number of methoxy groups -OCH3 is 2. The second kappa shape index (κ2) is 11.9. The summed E-state index contributed by atoms with van der Waals surface area (Å²) in [7, 11) is 3.23. The summed E-state index contributed by atoms with van der Waals surface area (Å²) in [5, 5.41) is 4.13. The molecular formula is C27H29FN4O3S. The third-order valence-corrected chi connectivity index (χ3v) is 6.45. The van der Waals surface area contributed by atoms with Gasteiger partial charge in [-0.25, -0.2) is 19.3 Å². The number of rotatable bonds is 11. The average Bonchev–Trinajstić information content (AvgIpc) is 3.29. The molecule has 0 unspecified atom stereocenters. The molecule has 4 rings (SSSR count). The highest BCUT2D eigenvalue weighted by molar-refractivity contribution is 7.15. The van der Waals surface area contributed by atoms with Crippen molar-refractivity contribution in [3.8, 4) is 33.3 Å². The van der Waals surface area contributed by atoms with Gasteiger partial charge in [-0.3, -0.25) is 0 Å². The van der Waals surface area contributed by atoms with E-state index in [0.717, 1.165) is 51.0 Å². The van der Waals surface area contributed by atoms with E-state index < -0.39 is 5.82 Å². The summed E-state index contributed by atoms with van der Waals surface area (Å²) in [4.78, 5) is 14.9. The van der Waals surface area contributed by atoms with Crippen LogP contribution in [0.15, 0.2) is 48.7 Å². The van der Waals surface area contributed by atoms with Crippen LogP contribution in [-0.2, 0) is 11.2 Å². The monoisotopic (exact) mass is 508 g/mol. The van der Waals surface area contributed by atoms with Gasteiger partial charge in [-0.05, 0) is 61.7 Å². The zero-order chi connectivity index (χ0) is 25.5. The van der Waals surface area contributed by atoms with E-state index in [2.05, 4.69) is 23.3 Å². The molecular weight excluding hydrogens is 479 g/mol. The topological polar surface area (TPSA) is 78.4 Å². The number of benzene rings is 2. The molecule has 7 nitrogen and oxygen atoms in total. The number of thiazole rings is 1. The fraction of sp³-hybridized carbons (Fsp3) is 0.296. The summed E-state index contributed by atoms with van der Waals surface area (Å²) >= 11 is 1.62. The van der Waals surface area contributed by atoms with E-state index in [4.69, 9.17) is 24.2 Å². The van der Waals surface area contributed by atoms with Crippen molar-refractivity contribution in [2.45, 2.75) is 26.7 Å². The molecule has 0 bridgehead atoms. The normalized spacial score (nSPS) is 10.9. The van der Waals surface area contributed by atoms with Crippen LogP contribution in [0.2, 0.25) is 0 Å². The summed E-state index contributed by atoms with van der Waals surface area (Å²) in [6.07, 6.45) is 3.56. The zero-order valence-corrected chi connectivity index (χ0v) is 21.6. The minimum atomic E-state index is -0.477. The Morgan fingerprint density at radius 3 is 2.64 bits per heavy atom. The Hall–Kier alpha value is -3.56. The molecule has 0 saturated carbocycles. The van der Waals surface area contributed by atoms with Gasteiger partial charge in [-0.2, -0.15) is 0 Å². The van der Waals surface area contributed by atoms with Crippen LogP contribution in [-0.4, -0.2) is 42.4 Å². The number of nitrogens with one attached hydrogen (secondary N) is 1. The van der Waals surface area contributed by atoms with Crippen LogP contribution in [0.1, 0.15) is 23.9 Å². The van der Waals surface area contributed by atoms with Gasteiger partial charge in [-0.15, -0.1) is 11.3 Å². The first-order valence-corrected chi connectivity index (χ1v) is 12.5. The number of ether oxygens (including phenoxy) is 3. The lowest BCUT2D eigenvalue weighted by atomic mass is 10.1. The van der Waals surface area contributed by atoms with Crippen molar-refractivity contribution in [3.63, 3.8) is 0 Å². The molecule has 2 aromatic carbocycles. The molecule has 4 aromatic rings. The second-order valence-corrected chi connectivity index (χ2v) is 9.23. The van der Waals surface area contributed by atoms with Crippen molar-refractivity contribution in [1.29, 1.82) is 0 Å². The summed E-state index contributed by atoms with van der Waals surface area (Å²) in [5.41, 5.74) is 4.17. The molecule has 0 fully saturated rings. The number of aryl methyl sites for hydroxylation is 2. The molecule has 0 saturated heterocycles. The highest BCUT2D eigenvalue weighted by atomic mass is 32.1. The predicted molar refractivity (Wildman–Crippen MR) is 141 cm³/mol. The third kappa shape index (κ3) is 6.16. The number of halogens is 1. The molecule has 36 heavy (non-hydrogen) atoms. The van der Waals surface area contributed by atoms with Crippen LogP contribution in [0.3, 0.4) is 0 Å². The number of aromatic nitrogens is 3. The first-order valence-electron chi connectivity index (χ1n) is 11.7. The minimum absolute atomic E-state index is 0.165. The van der Waals surface area contributed by atoms with Gasteiger partial charge in [0.2, 0.25) is 5.95 Å². The van der Waals surface area contributed by atoms with E-state index >= 15 is 0 Å². The Bertz CT molecular complexity index is 1330. The highest BCUT2D eigenvalue weighted by Crippen LogP contribution is 2.38. The fourth-order valence-corrected chi connectivity index (χ4v) is 4.82. The van der Waals surface area contributed by atoms with Crippen molar-refractivity contribution in [1.82, 2.24) is 15.0 Å². The van der Waals surface area contributed by atoms with E-state index in [-0.39, 0.29) is 12.4 Å². The van der Waals surface area contributed by atoms with Gasteiger partial charge in [-0.1, -0.05) is 6.92 Å². The highest BCUT2D eigenvalue weighted by Gasteiger charge is 2.18. The van der Waals surface area contributed by atoms with E-state index in [9.17, 15) is 4.39 Å². The molecule has 188 valence electrons. The van der Waals surface area contributed by atoms with Crippen molar-refractivity contribution < 1.29 is 18.6 Å². The maximum Gasteiger partial charge on any atom is 0.227 e. The molecule has 1 N–H and O–H groups in total. The van der Waals surface area contributed by atoms with E-state index in [1.165, 1.54) is 6.07 Å². The summed E-state index contributed by atoms with van der Waals surface area (Å²) in [5.74, 6) is 0.828. The summed E-state index contributed by atoms with van der Waals surface area (Å²) in [6, 6.07) is 12.6. The number of anilines is 2. The fourth-order valence-electron chi connectivity index (χ4n) is 3.66. The largest absolute Gasteiger partial charge is 0.497 e. The predicted octanol–water partition coefficient (Wildman–Crippen LogP) is 6.44. The van der Waals surface area contributed by atoms with Gasteiger partial charge in [0.15, 0.2) is 11.6 Å². The Morgan fingerprint density at radius 2 is 1.89 bits per heavy atom. The lowest BCUT2D eigenvalue weighted by Gasteiger charge is -2.10.